The Morgan fingerprint density at radius 2 is 1.91 bits per heavy atom. The van der Waals surface area contributed by atoms with Crippen molar-refractivity contribution in [3.05, 3.63) is 16.5 Å². The van der Waals surface area contributed by atoms with E-state index in [0.717, 1.165) is 28.8 Å². The van der Waals surface area contributed by atoms with Crippen LogP contribution < -0.4 is 5.73 Å². The molecule has 32 heavy (non-hydrogen) atoms. The minimum absolute atomic E-state index is 0.166. The van der Waals surface area contributed by atoms with Crippen LogP contribution >= 0.6 is 22.7 Å². The number of hydrogen-bond donors (Lipinski definition) is 1. The van der Waals surface area contributed by atoms with Crippen molar-refractivity contribution in [2.24, 2.45) is 5.92 Å². The monoisotopic (exact) mass is 480 g/mol. The van der Waals surface area contributed by atoms with Gasteiger partial charge in [-0.15, -0.1) is 11.3 Å². The molecule has 0 aromatic carbocycles. The molecule has 174 valence electrons. The van der Waals surface area contributed by atoms with E-state index in [2.05, 4.69) is 11.9 Å². The molecule has 1 saturated carbocycles. The van der Waals surface area contributed by atoms with E-state index in [1.807, 2.05) is 6.07 Å². The summed E-state index contributed by atoms with van der Waals surface area (Å²) in [5.74, 6) is -1.83. The van der Waals surface area contributed by atoms with Gasteiger partial charge < -0.3 is 19.9 Å². The second-order valence-corrected chi connectivity index (χ2v) is 9.80. The number of methoxy groups -OCH3 is 1. The molecule has 2 heterocycles. The molecule has 0 radical (unpaired) electrons. The first-order chi connectivity index (χ1) is 15.4. The Bertz CT molecular complexity index is 956. The summed E-state index contributed by atoms with van der Waals surface area (Å²) < 4.78 is 16.6. The highest BCUT2D eigenvalue weighted by atomic mass is 32.1. The lowest BCUT2D eigenvalue weighted by atomic mass is 9.87. The predicted molar refractivity (Wildman–Crippen MR) is 124 cm³/mol. The molecule has 0 atom stereocenters. The van der Waals surface area contributed by atoms with Crippen LogP contribution in [0.15, 0.2) is 11.6 Å². The highest BCUT2D eigenvalue weighted by Gasteiger charge is 2.31. The number of rotatable bonds is 9. The van der Waals surface area contributed by atoms with Crippen LogP contribution in [0.1, 0.15) is 56.7 Å². The fourth-order valence-corrected chi connectivity index (χ4v) is 5.51. The highest BCUT2D eigenvalue weighted by molar-refractivity contribution is 7.29. The van der Waals surface area contributed by atoms with Gasteiger partial charge in [0.25, 0.3) is 0 Å². The van der Waals surface area contributed by atoms with E-state index in [-0.39, 0.29) is 23.6 Å². The molecule has 0 bridgehead atoms. The van der Waals surface area contributed by atoms with Gasteiger partial charge >= 0.3 is 17.9 Å². The Morgan fingerprint density at radius 3 is 2.56 bits per heavy atom. The number of thiazole rings is 1. The van der Waals surface area contributed by atoms with E-state index < -0.39 is 11.9 Å². The van der Waals surface area contributed by atoms with Gasteiger partial charge in [0, 0.05) is 4.88 Å². The van der Waals surface area contributed by atoms with Gasteiger partial charge in [-0.2, -0.15) is 0 Å². The number of aromatic nitrogens is 1. The fraction of sp³-hybridized carbons (Fsp3) is 0.545. The Labute approximate surface area is 194 Å². The summed E-state index contributed by atoms with van der Waals surface area (Å²) >= 11 is 2.66. The zero-order valence-corrected chi connectivity index (χ0v) is 19.9. The minimum Gasteiger partial charge on any atom is -0.465 e. The van der Waals surface area contributed by atoms with Crippen molar-refractivity contribution in [3.8, 4) is 0 Å². The van der Waals surface area contributed by atoms with E-state index >= 15 is 0 Å². The zero-order valence-electron chi connectivity index (χ0n) is 18.3. The molecule has 1 aliphatic carbocycles. The van der Waals surface area contributed by atoms with Gasteiger partial charge in [-0.25, -0.2) is 14.6 Å². The summed E-state index contributed by atoms with van der Waals surface area (Å²) in [5, 5.41) is 0.467. The molecule has 10 heteroatoms. The van der Waals surface area contributed by atoms with E-state index in [0.29, 0.717) is 42.3 Å². The van der Waals surface area contributed by atoms with Crippen LogP contribution in [0.3, 0.4) is 0 Å². The molecular weight excluding hydrogens is 452 g/mol. The van der Waals surface area contributed by atoms with E-state index in [1.165, 1.54) is 35.9 Å². The van der Waals surface area contributed by atoms with Crippen molar-refractivity contribution in [1.29, 1.82) is 0 Å². The number of nitrogen functional groups attached to an aromatic ring is 1. The molecule has 8 nitrogen and oxygen atoms in total. The summed E-state index contributed by atoms with van der Waals surface area (Å²) in [6, 6.07) is 1.82. The number of ether oxygens (including phenoxy) is 3. The SMILES string of the molecule is CCCCCOC(=O)C1CCC(OC(=O)/C(=C/c2cc3sc(N)nc3s2)C(=O)OC)CC1. The van der Waals surface area contributed by atoms with Gasteiger partial charge in [-0.3, -0.25) is 4.79 Å². The number of thiophene rings is 1. The highest BCUT2D eigenvalue weighted by Crippen LogP contribution is 2.33. The molecule has 2 aromatic heterocycles. The van der Waals surface area contributed by atoms with Crippen LogP contribution in [-0.4, -0.2) is 42.7 Å². The van der Waals surface area contributed by atoms with Crippen LogP contribution in [-0.2, 0) is 28.6 Å². The average molecular weight is 481 g/mol. The third kappa shape index (κ3) is 6.29. The molecule has 0 amide bonds. The van der Waals surface area contributed by atoms with Crippen molar-refractivity contribution in [3.63, 3.8) is 0 Å². The maximum atomic E-state index is 12.7. The van der Waals surface area contributed by atoms with Crippen LogP contribution in [0, 0.1) is 5.92 Å². The number of hydrogen-bond acceptors (Lipinski definition) is 10. The summed E-state index contributed by atoms with van der Waals surface area (Å²) in [6.07, 6.45) is 6.39. The third-order valence-corrected chi connectivity index (χ3v) is 7.25. The number of esters is 3. The van der Waals surface area contributed by atoms with E-state index in [4.69, 9.17) is 19.9 Å². The summed E-state index contributed by atoms with van der Waals surface area (Å²) in [6.45, 7) is 2.55. The van der Waals surface area contributed by atoms with Crippen molar-refractivity contribution >= 4 is 61.3 Å². The Balaban J connectivity index is 1.57. The van der Waals surface area contributed by atoms with Gasteiger partial charge in [0.05, 0.1) is 24.3 Å². The van der Waals surface area contributed by atoms with Crippen LogP contribution in [0.4, 0.5) is 5.13 Å². The lowest BCUT2D eigenvalue weighted by molar-refractivity contribution is -0.153. The first-order valence-corrected chi connectivity index (χ1v) is 12.4. The Morgan fingerprint density at radius 1 is 1.16 bits per heavy atom. The molecule has 0 unspecified atom stereocenters. The molecule has 0 aliphatic heterocycles. The van der Waals surface area contributed by atoms with Crippen LogP contribution in [0.2, 0.25) is 0 Å². The van der Waals surface area contributed by atoms with E-state index in [9.17, 15) is 14.4 Å². The smallest absolute Gasteiger partial charge is 0.345 e. The second-order valence-electron chi connectivity index (χ2n) is 7.67. The molecule has 1 fully saturated rings. The molecule has 2 aromatic rings. The first kappa shape index (κ1) is 24.2. The number of nitrogens with zero attached hydrogens (tertiary/aromatic N) is 1. The number of nitrogens with two attached hydrogens (primary N) is 1. The summed E-state index contributed by atoms with van der Waals surface area (Å²) in [4.78, 5) is 42.8. The number of fused-ring (bicyclic) bond motifs is 1. The summed E-state index contributed by atoms with van der Waals surface area (Å²) in [5.41, 5.74) is 5.52. The van der Waals surface area contributed by atoms with Gasteiger partial charge in [-0.1, -0.05) is 31.1 Å². The van der Waals surface area contributed by atoms with Crippen molar-refractivity contribution in [2.45, 2.75) is 58.0 Å². The third-order valence-electron chi connectivity index (χ3n) is 5.31. The Kier molecular flexibility index (Phi) is 8.63. The molecule has 3 rings (SSSR count). The van der Waals surface area contributed by atoms with E-state index in [1.54, 1.807) is 0 Å². The maximum Gasteiger partial charge on any atom is 0.345 e. The van der Waals surface area contributed by atoms with Gasteiger partial charge in [0.2, 0.25) is 0 Å². The number of unbranched alkanes of at least 4 members (excludes halogenated alkanes) is 2. The standard InChI is InChI=1S/C22H28N2O6S2/c1-3-4-5-10-29-19(25)13-6-8-14(9-7-13)30-21(27)16(20(26)28-2)11-15-12-17-18(31-15)24-22(23)32-17/h11-14H,3-10H2,1-2H3,(H2,23,24)/b16-11+. The van der Waals surface area contributed by atoms with Gasteiger partial charge in [-0.05, 0) is 44.2 Å². The van der Waals surface area contributed by atoms with Crippen LogP contribution in [0.5, 0.6) is 0 Å². The average Bonchev–Trinajstić information content (AvgIpc) is 3.31. The molecule has 2 N–H and O–H groups in total. The van der Waals surface area contributed by atoms with Crippen molar-refractivity contribution in [2.75, 3.05) is 19.5 Å². The lowest BCUT2D eigenvalue weighted by Gasteiger charge is -2.27. The number of carbonyl (C=O) groups excluding carboxylic acids is 3. The Hall–Kier alpha value is -2.46. The molecular formula is C22H28N2O6S2. The number of carbonyl (C=O) groups is 3. The zero-order chi connectivity index (χ0) is 23.1. The van der Waals surface area contributed by atoms with Gasteiger partial charge in [0.15, 0.2) is 5.13 Å². The topological polar surface area (TPSA) is 118 Å². The largest absolute Gasteiger partial charge is 0.465 e. The van der Waals surface area contributed by atoms with Crippen molar-refractivity contribution < 1.29 is 28.6 Å². The molecule has 1 aliphatic rings. The van der Waals surface area contributed by atoms with Crippen molar-refractivity contribution in [1.82, 2.24) is 4.98 Å². The summed E-state index contributed by atoms with van der Waals surface area (Å²) in [7, 11) is 1.22. The van der Waals surface area contributed by atoms with Gasteiger partial charge in [0.1, 0.15) is 16.5 Å². The lowest BCUT2D eigenvalue weighted by Crippen LogP contribution is -2.30. The fourth-order valence-electron chi connectivity index (χ4n) is 3.57. The quantitative estimate of drug-likeness (QED) is 0.141. The minimum atomic E-state index is -0.761. The molecule has 0 saturated heterocycles. The molecule has 0 spiro atoms. The second kappa shape index (κ2) is 11.4. The first-order valence-electron chi connectivity index (χ1n) is 10.7. The number of anilines is 1. The van der Waals surface area contributed by atoms with Crippen LogP contribution in [0.25, 0.3) is 15.6 Å². The normalized spacial score (nSPS) is 19.0. The maximum absolute atomic E-state index is 12.7. The predicted octanol–water partition coefficient (Wildman–Crippen LogP) is 4.33.